The van der Waals surface area contributed by atoms with Crippen LogP contribution in [0.4, 0.5) is 0 Å². The molecule has 0 aromatic carbocycles. The standard InChI is InChI=1S/C11H18N4O/c1-10-9-14(8-5-12-10)11(16)3-7-15-6-2-4-13-15/h2,4,6,10,12H,3,5,7-9H2,1H3/t10-/m0/s1. The summed E-state index contributed by atoms with van der Waals surface area (Å²) in [7, 11) is 0. The predicted molar refractivity (Wildman–Crippen MR) is 60.9 cm³/mol. The van der Waals surface area contributed by atoms with Gasteiger partial charge in [0, 0.05) is 51.0 Å². The van der Waals surface area contributed by atoms with E-state index >= 15 is 0 Å². The first-order valence-corrected chi connectivity index (χ1v) is 5.74. The Kier molecular flexibility index (Phi) is 3.56. The van der Waals surface area contributed by atoms with Crippen LogP contribution in [0.3, 0.4) is 0 Å². The molecule has 88 valence electrons. The van der Waals surface area contributed by atoms with Crippen LogP contribution >= 0.6 is 0 Å². The first kappa shape index (κ1) is 11.1. The van der Waals surface area contributed by atoms with Crippen molar-refractivity contribution in [2.45, 2.75) is 25.9 Å². The third-order valence-corrected chi connectivity index (χ3v) is 2.84. The lowest BCUT2D eigenvalue weighted by Gasteiger charge is -2.31. The molecular weight excluding hydrogens is 204 g/mol. The summed E-state index contributed by atoms with van der Waals surface area (Å²) >= 11 is 0. The van der Waals surface area contributed by atoms with Crippen molar-refractivity contribution in [3.8, 4) is 0 Å². The molecule has 5 nitrogen and oxygen atoms in total. The summed E-state index contributed by atoms with van der Waals surface area (Å²) in [4.78, 5) is 13.8. The average Bonchev–Trinajstić information content (AvgIpc) is 2.78. The van der Waals surface area contributed by atoms with E-state index in [2.05, 4.69) is 17.3 Å². The molecule has 0 bridgehead atoms. The second-order valence-corrected chi connectivity index (χ2v) is 4.21. The molecule has 1 aromatic rings. The lowest BCUT2D eigenvalue weighted by molar-refractivity contribution is -0.132. The number of nitrogens with zero attached hydrogens (tertiary/aromatic N) is 3. The Morgan fingerprint density at radius 1 is 1.62 bits per heavy atom. The fourth-order valence-corrected chi connectivity index (χ4v) is 1.96. The number of aromatic nitrogens is 2. The van der Waals surface area contributed by atoms with Crippen molar-refractivity contribution in [3.05, 3.63) is 18.5 Å². The summed E-state index contributed by atoms with van der Waals surface area (Å²) in [5, 5.41) is 7.41. The van der Waals surface area contributed by atoms with Crippen molar-refractivity contribution in [1.82, 2.24) is 20.0 Å². The highest BCUT2D eigenvalue weighted by Crippen LogP contribution is 2.02. The maximum absolute atomic E-state index is 11.9. The molecule has 0 aliphatic carbocycles. The average molecular weight is 222 g/mol. The van der Waals surface area contributed by atoms with Crippen molar-refractivity contribution in [2.75, 3.05) is 19.6 Å². The van der Waals surface area contributed by atoms with Crippen LogP contribution in [0, 0.1) is 0 Å². The van der Waals surface area contributed by atoms with E-state index < -0.39 is 0 Å². The smallest absolute Gasteiger partial charge is 0.224 e. The van der Waals surface area contributed by atoms with E-state index in [-0.39, 0.29) is 5.91 Å². The fourth-order valence-electron chi connectivity index (χ4n) is 1.96. The maximum atomic E-state index is 11.9. The molecule has 16 heavy (non-hydrogen) atoms. The molecule has 0 radical (unpaired) electrons. The number of amides is 1. The summed E-state index contributed by atoms with van der Waals surface area (Å²) in [6.45, 7) is 5.31. The summed E-state index contributed by atoms with van der Waals surface area (Å²) < 4.78 is 1.80. The zero-order valence-corrected chi connectivity index (χ0v) is 9.59. The van der Waals surface area contributed by atoms with Crippen molar-refractivity contribution in [3.63, 3.8) is 0 Å². The van der Waals surface area contributed by atoms with Gasteiger partial charge in [0.1, 0.15) is 0 Å². The molecule has 0 spiro atoms. The highest BCUT2D eigenvalue weighted by atomic mass is 16.2. The molecule has 2 rings (SSSR count). The molecule has 5 heteroatoms. The van der Waals surface area contributed by atoms with E-state index in [0.717, 1.165) is 19.6 Å². The van der Waals surface area contributed by atoms with Gasteiger partial charge in [-0.25, -0.2) is 0 Å². The number of rotatable bonds is 3. The second-order valence-electron chi connectivity index (χ2n) is 4.21. The van der Waals surface area contributed by atoms with Gasteiger partial charge in [0.05, 0.1) is 0 Å². The van der Waals surface area contributed by atoms with Gasteiger partial charge < -0.3 is 10.2 Å². The molecule has 1 aromatic heterocycles. The monoisotopic (exact) mass is 222 g/mol. The number of aryl methyl sites for hydroxylation is 1. The molecule has 1 N–H and O–H groups in total. The topological polar surface area (TPSA) is 50.2 Å². The fraction of sp³-hybridized carbons (Fsp3) is 0.636. The molecule has 1 saturated heterocycles. The van der Waals surface area contributed by atoms with Gasteiger partial charge in [-0.2, -0.15) is 5.10 Å². The first-order chi connectivity index (χ1) is 7.75. The van der Waals surface area contributed by atoms with Crippen molar-refractivity contribution in [2.24, 2.45) is 0 Å². The van der Waals surface area contributed by atoms with Crippen LogP contribution in [0.25, 0.3) is 0 Å². The van der Waals surface area contributed by atoms with E-state index in [9.17, 15) is 4.79 Å². The number of nitrogens with one attached hydrogen (secondary N) is 1. The Morgan fingerprint density at radius 2 is 2.50 bits per heavy atom. The van der Waals surface area contributed by atoms with E-state index in [1.165, 1.54) is 0 Å². The van der Waals surface area contributed by atoms with Gasteiger partial charge in [0.2, 0.25) is 5.91 Å². The number of piperazine rings is 1. The van der Waals surface area contributed by atoms with Gasteiger partial charge >= 0.3 is 0 Å². The Balaban J connectivity index is 1.79. The number of carbonyl (C=O) groups is 1. The zero-order valence-electron chi connectivity index (χ0n) is 9.59. The number of hydrogen-bond acceptors (Lipinski definition) is 3. The van der Waals surface area contributed by atoms with Gasteiger partial charge in [-0.15, -0.1) is 0 Å². The van der Waals surface area contributed by atoms with Gasteiger partial charge in [-0.1, -0.05) is 0 Å². The van der Waals surface area contributed by atoms with Crippen LogP contribution in [-0.4, -0.2) is 46.3 Å². The maximum Gasteiger partial charge on any atom is 0.224 e. The normalized spacial score (nSPS) is 21.1. The molecule has 2 heterocycles. The molecule has 1 atom stereocenters. The molecule has 1 aliphatic rings. The lowest BCUT2D eigenvalue weighted by atomic mass is 10.2. The zero-order chi connectivity index (χ0) is 11.4. The van der Waals surface area contributed by atoms with Crippen molar-refractivity contribution in [1.29, 1.82) is 0 Å². The minimum absolute atomic E-state index is 0.226. The third-order valence-electron chi connectivity index (χ3n) is 2.84. The Bertz CT molecular complexity index is 336. The molecular formula is C11H18N4O. The van der Waals surface area contributed by atoms with Gasteiger partial charge in [-0.05, 0) is 13.0 Å². The van der Waals surface area contributed by atoms with Crippen molar-refractivity contribution < 1.29 is 4.79 Å². The minimum atomic E-state index is 0.226. The SMILES string of the molecule is C[C@H]1CN(C(=O)CCn2cccn2)CCN1. The van der Waals surface area contributed by atoms with E-state index in [0.29, 0.717) is 19.0 Å². The van der Waals surface area contributed by atoms with E-state index in [1.54, 1.807) is 10.9 Å². The largest absolute Gasteiger partial charge is 0.340 e. The Morgan fingerprint density at radius 3 is 3.19 bits per heavy atom. The highest BCUT2D eigenvalue weighted by Gasteiger charge is 2.19. The van der Waals surface area contributed by atoms with Crippen LogP contribution < -0.4 is 5.32 Å². The molecule has 1 aliphatic heterocycles. The molecule has 1 amide bonds. The molecule has 1 fully saturated rings. The van der Waals surface area contributed by atoms with E-state index in [4.69, 9.17) is 0 Å². The first-order valence-electron chi connectivity index (χ1n) is 5.74. The third kappa shape index (κ3) is 2.82. The molecule has 0 unspecified atom stereocenters. The quantitative estimate of drug-likeness (QED) is 0.788. The minimum Gasteiger partial charge on any atom is -0.340 e. The van der Waals surface area contributed by atoms with Gasteiger partial charge in [-0.3, -0.25) is 9.48 Å². The Labute approximate surface area is 95.4 Å². The van der Waals surface area contributed by atoms with Crippen LogP contribution in [0.5, 0.6) is 0 Å². The second kappa shape index (κ2) is 5.12. The lowest BCUT2D eigenvalue weighted by Crippen LogP contribution is -2.51. The van der Waals surface area contributed by atoms with Crippen LogP contribution in [0.1, 0.15) is 13.3 Å². The summed E-state index contributed by atoms with van der Waals surface area (Å²) in [5.41, 5.74) is 0. The van der Waals surface area contributed by atoms with Crippen LogP contribution in [0.2, 0.25) is 0 Å². The summed E-state index contributed by atoms with van der Waals surface area (Å²) in [6.07, 6.45) is 4.15. The van der Waals surface area contributed by atoms with E-state index in [1.807, 2.05) is 17.2 Å². The highest BCUT2D eigenvalue weighted by molar-refractivity contribution is 5.76. The summed E-state index contributed by atoms with van der Waals surface area (Å²) in [5.74, 6) is 0.226. The number of carbonyl (C=O) groups excluding carboxylic acids is 1. The van der Waals surface area contributed by atoms with Gasteiger partial charge in [0.15, 0.2) is 0 Å². The predicted octanol–water partition coefficient (Wildman–Crippen LogP) is 0.0935. The van der Waals surface area contributed by atoms with Gasteiger partial charge in [0.25, 0.3) is 0 Å². The Hall–Kier alpha value is -1.36. The van der Waals surface area contributed by atoms with Crippen LogP contribution in [-0.2, 0) is 11.3 Å². The summed E-state index contributed by atoms with van der Waals surface area (Å²) in [6, 6.07) is 2.28. The van der Waals surface area contributed by atoms with Crippen molar-refractivity contribution >= 4 is 5.91 Å². The molecule has 0 saturated carbocycles. The van der Waals surface area contributed by atoms with Crippen LogP contribution in [0.15, 0.2) is 18.5 Å². The number of hydrogen-bond donors (Lipinski definition) is 1.